The molecule has 0 aromatic heterocycles. The Morgan fingerprint density at radius 1 is 1.73 bits per heavy atom. The fraction of sp³-hybridized carbons (Fsp3) is 0.667. The number of ether oxygens (including phenoxy) is 1. The van der Waals surface area contributed by atoms with E-state index in [-0.39, 0.29) is 11.9 Å². The Labute approximate surface area is 68.2 Å². The van der Waals surface area contributed by atoms with Gasteiger partial charge >= 0.3 is 0 Å². The molecule has 0 aromatic rings. The summed E-state index contributed by atoms with van der Waals surface area (Å²) in [6.07, 6.45) is 3.22. The monoisotopic (exact) mass is 156 g/mol. The first kappa shape index (κ1) is 10.4. The predicted molar refractivity (Wildman–Crippen MR) is 45.5 cm³/mol. The molecular weight excluding hydrogens is 140 g/mol. The largest absolute Gasteiger partial charge is 0.378 e. The third kappa shape index (κ3) is 7.26. The molecule has 2 heteroatoms. The summed E-state index contributed by atoms with van der Waals surface area (Å²) < 4.78 is 5.30. The summed E-state index contributed by atoms with van der Waals surface area (Å²) in [5.74, 6) is 0.177. The van der Waals surface area contributed by atoms with Gasteiger partial charge in [-0.25, -0.2) is 0 Å². The molecule has 1 atom stereocenters. The summed E-state index contributed by atoms with van der Waals surface area (Å²) in [5, 5.41) is 0. The summed E-state index contributed by atoms with van der Waals surface area (Å²) in [5.41, 5.74) is 0. The van der Waals surface area contributed by atoms with Crippen LogP contribution in [0.15, 0.2) is 12.7 Å². The topological polar surface area (TPSA) is 26.3 Å². The van der Waals surface area contributed by atoms with Crippen LogP contribution in [0.1, 0.15) is 26.7 Å². The van der Waals surface area contributed by atoms with Gasteiger partial charge in [0, 0.05) is 6.42 Å². The highest BCUT2D eigenvalue weighted by Gasteiger charge is 2.03. The molecule has 0 aromatic carbocycles. The Morgan fingerprint density at radius 3 is 2.82 bits per heavy atom. The van der Waals surface area contributed by atoms with E-state index in [9.17, 15) is 4.79 Å². The second-order valence-electron chi connectivity index (χ2n) is 2.66. The lowest BCUT2D eigenvalue weighted by atomic mass is 10.2. The average molecular weight is 156 g/mol. The molecule has 0 spiro atoms. The molecule has 0 aliphatic carbocycles. The van der Waals surface area contributed by atoms with E-state index in [1.54, 1.807) is 13.0 Å². The van der Waals surface area contributed by atoms with Crippen LogP contribution in [-0.4, -0.2) is 18.5 Å². The number of hydrogen-bond donors (Lipinski definition) is 0. The second-order valence-corrected chi connectivity index (χ2v) is 2.66. The molecule has 0 aliphatic heterocycles. The van der Waals surface area contributed by atoms with Crippen molar-refractivity contribution in [2.45, 2.75) is 32.8 Å². The van der Waals surface area contributed by atoms with Gasteiger partial charge in [-0.2, -0.15) is 0 Å². The van der Waals surface area contributed by atoms with Crippen molar-refractivity contribution in [3.8, 4) is 0 Å². The molecule has 0 fully saturated rings. The van der Waals surface area contributed by atoms with Crippen molar-refractivity contribution in [3.05, 3.63) is 12.7 Å². The zero-order valence-electron chi connectivity index (χ0n) is 7.30. The minimum atomic E-state index is 0.0486. The van der Waals surface area contributed by atoms with Crippen LogP contribution < -0.4 is 0 Å². The fourth-order valence-electron chi connectivity index (χ4n) is 0.816. The summed E-state index contributed by atoms with van der Waals surface area (Å²) in [6.45, 7) is 7.72. The maximum absolute atomic E-state index is 10.6. The van der Waals surface area contributed by atoms with Gasteiger partial charge in [0.05, 0.1) is 12.7 Å². The number of ketones is 1. The Morgan fingerprint density at radius 2 is 2.36 bits per heavy atom. The van der Waals surface area contributed by atoms with E-state index >= 15 is 0 Å². The lowest BCUT2D eigenvalue weighted by Crippen LogP contribution is -2.12. The van der Waals surface area contributed by atoms with E-state index in [2.05, 4.69) is 6.58 Å². The molecule has 64 valence electrons. The van der Waals surface area contributed by atoms with Crippen LogP contribution in [0.3, 0.4) is 0 Å². The Bertz CT molecular complexity index is 130. The zero-order valence-corrected chi connectivity index (χ0v) is 7.30. The smallest absolute Gasteiger partial charge is 0.132 e. The minimum absolute atomic E-state index is 0.0486. The average Bonchev–Trinajstić information content (AvgIpc) is 1.86. The molecule has 1 unspecified atom stereocenters. The Kier molecular flexibility index (Phi) is 5.75. The van der Waals surface area contributed by atoms with E-state index < -0.39 is 0 Å². The first-order valence-electron chi connectivity index (χ1n) is 3.88. The van der Waals surface area contributed by atoms with Crippen molar-refractivity contribution < 1.29 is 9.53 Å². The molecule has 0 aliphatic rings. The van der Waals surface area contributed by atoms with Crippen molar-refractivity contribution in [2.24, 2.45) is 0 Å². The minimum Gasteiger partial charge on any atom is -0.378 e. The third-order valence-corrected chi connectivity index (χ3v) is 1.30. The summed E-state index contributed by atoms with van der Waals surface area (Å²) in [6, 6.07) is 0. The molecule has 0 saturated carbocycles. The first-order valence-corrected chi connectivity index (χ1v) is 3.88. The fourth-order valence-corrected chi connectivity index (χ4v) is 0.816. The van der Waals surface area contributed by atoms with Gasteiger partial charge in [0.2, 0.25) is 0 Å². The standard InChI is InChI=1S/C9H16O2/c1-4-5-6-11-9(3)7-8(2)10/h4,9H,1,5-7H2,2-3H3. The van der Waals surface area contributed by atoms with Gasteiger partial charge in [-0.1, -0.05) is 6.08 Å². The molecule has 0 radical (unpaired) electrons. The molecule has 0 bridgehead atoms. The van der Waals surface area contributed by atoms with Crippen molar-refractivity contribution in [3.63, 3.8) is 0 Å². The van der Waals surface area contributed by atoms with Crippen LogP contribution in [0, 0.1) is 0 Å². The van der Waals surface area contributed by atoms with Crippen molar-refractivity contribution >= 4 is 5.78 Å². The summed E-state index contributed by atoms with van der Waals surface area (Å²) >= 11 is 0. The highest BCUT2D eigenvalue weighted by atomic mass is 16.5. The van der Waals surface area contributed by atoms with Crippen LogP contribution >= 0.6 is 0 Å². The van der Waals surface area contributed by atoms with Gasteiger partial charge in [-0.05, 0) is 20.3 Å². The summed E-state index contributed by atoms with van der Waals surface area (Å²) in [7, 11) is 0. The van der Waals surface area contributed by atoms with Crippen LogP contribution in [0.2, 0.25) is 0 Å². The Hall–Kier alpha value is -0.630. The highest BCUT2D eigenvalue weighted by Crippen LogP contribution is 1.98. The molecule has 2 nitrogen and oxygen atoms in total. The van der Waals surface area contributed by atoms with Crippen molar-refractivity contribution in [2.75, 3.05) is 6.61 Å². The molecular formula is C9H16O2. The van der Waals surface area contributed by atoms with Crippen LogP contribution in [0.4, 0.5) is 0 Å². The SMILES string of the molecule is C=CCCOC(C)CC(C)=O. The van der Waals surface area contributed by atoms with Gasteiger partial charge in [0.25, 0.3) is 0 Å². The van der Waals surface area contributed by atoms with E-state index in [0.29, 0.717) is 13.0 Å². The summed E-state index contributed by atoms with van der Waals surface area (Å²) in [4.78, 5) is 10.6. The van der Waals surface area contributed by atoms with E-state index in [1.165, 1.54) is 0 Å². The van der Waals surface area contributed by atoms with Gasteiger partial charge in [0.1, 0.15) is 5.78 Å². The molecule has 0 amide bonds. The van der Waals surface area contributed by atoms with Crippen molar-refractivity contribution in [1.29, 1.82) is 0 Å². The third-order valence-electron chi connectivity index (χ3n) is 1.30. The highest BCUT2D eigenvalue weighted by molar-refractivity contribution is 5.75. The molecule has 11 heavy (non-hydrogen) atoms. The normalized spacial score (nSPS) is 12.5. The number of hydrogen-bond acceptors (Lipinski definition) is 2. The van der Waals surface area contributed by atoms with E-state index in [0.717, 1.165) is 6.42 Å². The van der Waals surface area contributed by atoms with E-state index in [1.807, 2.05) is 6.92 Å². The lowest BCUT2D eigenvalue weighted by Gasteiger charge is -2.09. The first-order chi connectivity index (χ1) is 5.16. The van der Waals surface area contributed by atoms with Gasteiger partial charge in [-0.3, -0.25) is 4.79 Å². The number of rotatable bonds is 6. The predicted octanol–water partition coefficient (Wildman–Crippen LogP) is 1.95. The quantitative estimate of drug-likeness (QED) is 0.434. The zero-order chi connectivity index (χ0) is 8.69. The number of Topliss-reactive ketones (excluding diaryl/α,β-unsaturated/α-hetero) is 1. The molecule has 0 N–H and O–H groups in total. The van der Waals surface area contributed by atoms with Crippen LogP contribution in [0.5, 0.6) is 0 Å². The van der Waals surface area contributed by atoms with Crippen LogP contribution in [0.25, 0.3) is 0 Å². The number of carbonyl (C=O) groups excluding carboxylic acids is 1. The molecule has 0 rings (SSSR count). The number of carbonyl (C=O) groups is 1. The molecule has 0 saturated heterocycles. The van der Waals surface area contributed by atoms with Gasteiger partial charge in [-0.15, -0.1) is 6.58 Å². The van der Waals surface area contributed by atoms with Crippen LogP contribution in [-0.2, 0) is 9.53 Å². The van der Waals surface area contributed by atoms with Gasteiger partial charge < -0.3 is 4.74 Å². The van der Waals surface area contributed by atoms with E-state index in [4.69, 9.17) is 4.74 Å². The second kappa shape index (κ2) is 6.10. The van der Waals surface area contributed by atoms with Gasteiger partial charge in [0.15, 0.2) is 0 Å². The Balaban J connectivity index is 3.28. The molecule has 0 heterocycles. The lowest BCUT2D eigenvalue weighted by molar-refractivity contribution is -0.119. The maximum atomic E-state index is 10.6. The van der Waals surface area contributed by atoms with Crippen molar-refractivity contribution in [1.82, 2.24) is 0 Å². The maximum Gasteiger partial charge on any atom is 0.132 e.